The molecule has 1 heterocycles. The second-order valence-corrected chi connectivity index (χ2v) is 5.60. The fourth-order valence-electron chi connectivity index (χ4n) is 1.94. The molecular formula is C14H26N2O. The molecule has 0 N–H and O–H groups in total. The van der Waals surface area contributed by atoms with Gasteiger partial charge in [-0.25, -0.2) is 0 Å². The van der Waals surface area contributed by atoms with Crippen LogP contribution in [0.15, 0.2) is 0 Å². The normalized spacial score (nSPS) is 19.2. The highest BCUT2D eigenvalue weighted by Crippen LogP contribution is 2.07. The Morgan fingerprint density at radius 1 is 1.06 bits per heavy atom. The molecule has 0 amide bonds. The summed E-state index contributed by atoms with van der Waals surface area (Å²) in [4.78, 5) is 4.92. The molecule has 0 atom stereocenters. The molecule has 1 fully saturated rings. The van der Waals surface area contributed by atoms with E-state index in [-0.39, 0.29) is 5.60 Å². The van der Waals surface area contributed by atoms with Crippen molar-refractivity contribution in [2.24, 2.45) is 0 Å². The predicted octanol–water partition coefficient (Wildman–Crippen LogP) is 1.44. The van der Waals surface area contributed by atoms with Crippen LogP contribution in [0.2, 0.25) is 0 Å². The zero-order chi connectivity index (χ0) is 12.7. The average Bonchev–Trinajstić information content (AvgIpc) is 2.26. The summed E-state index contributed by atoms with van der Waals surface area (Å²) < 4.78 is 5.74. The number of hydrogen-bond acceptors (Lipinski definition) is 3. The second kappa shape index (κ2) is 7.00. The molecule has 0 bridgehead atoms. The van der Waals surface area contributed by atoms with E-state index in [0.717, 1.165) is 52.3 Å². The first-order valence-electron chi connectivity index (χ1n) is 6.53. The van der Waals surface area contributed by atoms with Crippen molar-refractivity contribution in [1.82, 2.24) is 9.80 Å². The quantitative estimate of drug-likeness (QED) is 0.674. The van der Waals surface area contributed by atoms with Crippen LogP contribution in [0.4, 0.5) is 0 Å². The van der Waals surface area contributed by atoms with Gasteiger partial charge in [-0.1, -0.05) is 0 Å². The van der Waals surface area contributed by atoms with E-state index in [9.17, 15) is 0 Å². The minimum Gasteiger partial charge on any atom is -0.375 e. The fourth-order valence-corrected chi connectivity index (χ4v) is 1.94. The number of hydrogen-bond donors (Lipinski definition) is 0. The number of nitrogens with zero attached hydrogens (tertiary/aromatic N) is 2. The van der Waals surface area contributed by atoms with Gasteiger partial charge in [0.05, 0.1) is 12.2 Å². The molecule has 0 aromatic carbocycles. The van der Waals surface area contributed by atoms with Crippen LogP contribution in [0.1, 0.15) is 27.2 Å². The van der Waals surface area contributed by atoms with E-state index in [1.165, 1.54) is 0 Å². The van der Waals surface area contributed by atoms with E-state index in [4.69, 9.17) is 11.2 Å². The van der Waals surface area contributed by atoms with Crippen molar-refractivity contribution < 1.29 is 4.74 Å². The Bertz CT molecular complexity index is 244. The van der Waals surface area contributed by atoms with Crippen molar-refractivity contribution >= 4 is 0 Å². The molecule has 1 rings (SSSR count). The minimum absolute atomic E-state index is 0.0192. The van der Waals surface area contributed by atoms with Gasteiger partial charge in [-0.05, 0) is 20.8 Å². The Labute approximate surface area is 106 Å². The van der Waals surface area contributed by atoms with E-state index in [1.807, 2.05) is 0 Å². The Kier molecular flexibility index (Phi) is 5.97. The summed E-state index contributed by atoms with van der Waals surface area (Å²) in [5, 5.41) is 0. The Hall–Kier alpha value is -0.560. The summed E-state index contributed by atoms with van der Waals surface area (Å²) in [6.45, 7) is 13.8. The maximum atomic E-state index is 5.74. The number of piperazine rings is 1. The molecule has 0 aromatic rings. The van der Waals surface area contributed by atoms with Crippen molar-refractivity contribution in [3.63, 3.8) is 0 Å². The monoisotopic (exact) mass is 238 g/mol. The molecule has 1 saturated heterocycles. The van der Waals surface area contributed by atoms with Gasteiger partial charge in [-0.15, -0.1) is 12.3 Å². The van der Waals surface area contributed by atoms with Gasteiger partial charge in [-0.2, -0.15) is 0 Å². The van der Waals surface area contributed by atoms with Crippen LogP contribution in [0.5, 0.6) is 0 Å². The summed E-state index contributed by atoms with van der Waals surface area (Å²) >= 11 is 0. The average molecular weight is 238 g/mol. The lowest BCUT2D eigenvalue weighted by Crippen LogP contribution is -2.47. The lowest BCUT2D eigenvalue weighted by molar-refractivity contribution is -0.0177. The standard InChI is InChI=1S/C14H26N2O/c1-5-6-7-15-8-10-16(11-9-15)12-13-17-14(2,3)4/h1H,6-13H2,2-4H3. The molecule has 3 nitrogen and oxygen atoms in total. The third-order valence-electron chi connectivity index (χ3n) is 2.98. The Morgan fingerprint density at radius 2 is 1.59 bits per heavy atom. The lowest BCUT2D eigenvalue weighted by atomic mass is 10.2. The molecule has 1 aliphatic heterocycles. The van der Waals surface area contributed by atoms with Gasteiger partial charge < -0.3 is 4.74 Å². The highest BCUT2D eigenvalue weighted by atomic mass is 16.5. The minimum atomic E-state index is -0.0192. The SMILES string of the molecule is C#CCCN1CCN(CCOC(C)(C)C)CC1. The Morgan fingerprint density at radius 3 is 2.06 bits per heavy atom. The van der Waals surface area contributed by atoms with Crippen molar-refractivity contribution in [1.29, 1.82) is 0 Å². The molecule has 0 spiro atoms. The summed E-state index contributed by atoms with van der Waals surface area (Å²) in [6.07, 6.45) is 6.14. The van der Waals surface area contributed by atoms with Crippen molar-refractivity contribution in [3.05, 3.63) is 0 Å². The molecular weight excluding hydrogens is 212 g/mol. The fraction of sp³-hybridized carbons (Fsp3) is 0.857. The molecule has 0 aliphatic carbocycles. The number of rotatable bonds is 5. The first kappa shape index (κ1) is 14.5. The zero-order valence-corrected chi connectivity index (χ0v) is 11.5. The smallest absolute Gasteiger partial charge is 0.0600 e. The van der Waals surface area contributed by atoms with Gasteiger partial charge in [-0.3, -0.25) is 9.80 Å². The molecule has 1 aliphatic rings. The van der Waals surface area contributed by atoms with Gasteiger partial charge >= 0.3 is 0 Å². The van der Waals surface area contributed by atoms with Gasteiger partial charge in [0.15, 0.2) is 0 Å². The maximum absolute atomic E-state index is 5.74. The molecule has 0 saturated carbocycles. The van der Waals surface area contributed by atoms with Crippen LogP contribution >= 0.6 is 0 Å². The van der Waals surface area contributed by atoms with Crippen LogP contribution in [0.3, 0.4) is 0 Å². The molecule has 17 heavy (non-hydrogen) atoms. The Balaban J connectivity index is 2.09. The topological polar surface area (TPSA) is 15.7 Å². The van der Waals surface area contributed by atoms with E-state index in [2.05, 4.69) is 36.5 Å². The predicted molar refractivity (Wildman–Crippen MR) is 72.0 cm³/mol. The highest BCUT2D eigenvalue weighted by molar-refractivity contribution is 4.85. The van der Waals surface area contributed by atoms with Crippen LogP contribution in [-0.4, -0.2) is 61.3 Å². The van der Waals surface area contributed by atoms with Crippen molar-refractivity contribution in [2.75, 3.05) is 45.9 Å². The number of terminal acetylenes is 1. The van der Waals surface area contributed by atoms with Crippen LogP contribution in [0, 0.1) is 12.3 Å². The van der Waals surface area contributed by atoms with Gasteiger partial charge in [0.2, 0.25) is 0 Å². The lowest BCUT2D eigenvalue weighted by Gasteiger charge is -2.34. The molecule has 0 aromatic heterocycles. The summed E-state index contributed by atoms with van der Waals surface area (Å²) in [6, 6.07) is 0. The summed E-state index contributed by atoms with van der Waals surface area (Å²) in [5.41, 5.74) is -0.0192. The highest BCUT2D eigenvalue weighted by Gasteiger charge is 2.17. The van der Waals surface area contributed by atoms with Crippen LogP contribution < -0.4 is 0 Å². The first-order chi connectivity index (χ1) is 8.01. The molecule has 98 valence electrons. The zero-order valence-electron chi connectivity index (χ0n) is 11.5. The summed E-state index contributed by atoms with van der Waals surface area (Å²) in [5.74, 6) is 2.70. The molecule has 0 unspecified atom stereocenters. The third-order valence-corrected chi connectivity index (χ3v) is 2.98. The number of ether oxygens (including phenoxy) is 1. The molecule has 3 heteroatoms. The van der Waals surface area contributed by atoms with Gasteiger partial charge in [0, 0.05) is 45.7 Å². The van der Waals surface area contributed by atoms with Crippen LogP contribution in [0.25, 0.3) is 0 Å². The van der Waals surface area contributed by atoms with Crippen LogP contribution in [-0.2, 0) is 4.74 Å². The largest absolute Gasteiger partial charge is 0.375 e. The van der Waals surface area contributed by atoms with E-state index >= 15 is 0 Å². The van der Waals surface area contributed by atoms with Crippen molar-refractivity contribution in [2.45, 2.75) is 32.8 Å². The van der Waals surface area contributed by atoms with Gasteiger partial charge in [0.1, 0.15) is 0 Å². The van der Waals surface area contributed by atoms with E-state index in [1.54, 1.807) is 0 Å². The third kappa shape index (κ3) is 6.68. The molecule has 0 radical (unpaired) electrons. The van der Waals surface area contributed by atoms with Crippen molar-refractivity contribution in [3.8, 4) is 12.3 Å². The van der Waals surface area contributed by atoms with E-state index in [0.29, 0.717) is 0 Å². The maximum Gasteiger partial charge on any atom is 0.0600 e. The second-order valence-electron chi connectivity index (χ2n) is 5.60. The van der Waals surface area contributed by atoms with E-state index < -0.39 is 0 Å². The van der Waals surface area contributed by atoms with Gasteiger partial charge in [0.25, 0.3) is 0 Å². The first-order valence-corrected chi connectivity index (χ1v) is 6.53. The summed E-state index contributed by atoms with van der Waals surface area (Å²) in [7, 11) is 0.